The van der Waals surface area contributed by atoms with E-state index >= 15 is 0 Å². The van der Waals surface area contributed by atoms with E-state index in [2.05, 4.69) is 22.1 Å². The molecule has 0 atom stereocenters. The van der Waals surface area contributed by atoms with Crippen molar-refractivity contribution >= 4 is 0 Å². The smallest absolute Gasteiger partial charge is 0.248 e. The number of hydrogen-bond acceptors (Lipinski definition) is 4. The maximum Gasteiger partial charge on any atom is 0.248 e. The molecule has 90 valence electrons. The largest absolute Gasteiger partial charge is 0.451 e. The molecule has 0 fully saturated rings. The maximum atomic E-state index is 5.62. The molecule has 0 saturated heterocycles. The fraction of sp³-hybridized carbons (Fsp3) is 0.143. The third-order valence-electron chi connectivity index (χ3n) is 2.71. The molecule has 0 radical (unpaired) electrons. The molecule has 0 unspecified atom stereocenters. The third kappa shape index (κ3) is 2.32. The Morgan fingerprint density at radius 1 is 1.00 bits per heavy atom. The van der Waals surface area contributed by atoms with Gasteiger partial charge >= 0.3 is 0 Å². The van der Waals surface area contributed by atoms with Crippen LogP contribution >= 0.6 is 0 Å². The average Bonchev–Trinajstić information content (AvgIpc) is 3.08. The summed E-state index contributed by atoms with van der Waals surface area (Å²) in [5.41, 5.74) is 1.91. The quantitative estimate of drug-likeness (QED) is 0.703. The van der Waals surface area contributed by atoms with Gasteiger partial charge in [0.15, 0.2) is 12.1 Å². The monoisotopic (exact) mass is 240 g/mol. The van der Waals surface area contributed by atoms with Gasteiger partial charge in [0.25, 0.3) is 0 Å². The van der Waals surface area contributed by atoms with Crippen LogP contribution in [0.25, 0.3) is 11.6 Å². The van der Waals surface area contributed by atoms with E-state index in [4.69, 9.17) is 8.83 Å². The van der Waals surface area contributed by atoms with E-state index in [0.29, 0.717) is 11.6 Å². The molecule has 0 saturated carbocycles. The Hall–Kier alpha value is -2.36. The minimum atomic E-state index is 0.506. The summed E-state index contributed by atoms with van der Waals surface area (Å²) in [5, 5.41) is 0. The molecule has 0 spiro atoms. The first-order valence-corrected chi connectivity index (χ1v) is 5.79. The van der Waals surface area contributed by atoms with Gasteiger partial charge in [0.1, 0.15) is 12.0 Å². The van der Waals surface area contributed by atoms with Gasteiger partial charge < -0.3 is 8.83 Å². The average molecular weight is 240 g/mol. The van der Waals surface area contributed by atoms with Crippen LogP contribution < -0.4 is 0 Å². The van der Waals surface area contributed by atoms with E-state index in [1.807, 2.05) is 18.2 Å². The lowest BCUT2D eigenvalue weighted by atomic mass is 10.1. The third-order valence-corrected chi connectivity index (χ3v) is 2.71. The zero-order valence-electron chi connectivity index (χ0n) is 9.74. The molecule has 0 aliphatic carbocycles. The summed E-state index contributed by atoms with van der Waals surface area (Å²) in [6.45, 7) is 0. The van der Waals surface area contributed by atoms with E-state index in [1.54, 1.807) is 6.20 Å². The van der Waals surface area contributed by atoms with Gasteiger partial charge in [-0.2, -0.15) is 0 Å². The van der Waals surface area contributed by atoms with Crippen molar-refractivity contribution in [1.29, 1.82) is 0 Å². The van der Waals surface area contributed by atoms with Crippen molar-refractivity contribution in [1.82, 2.24) is 9.97 Å². The lowest BCUT2D eigenvalue weighted by molar-refractivity contribution is 0.514. The maximum absolute atomic E-state index is 5.62. The SMILES string of the molecule is c1ccc(CCc2cnc(-c3cocn3)o2)cc1. The van der Waals surface area contributed by atoms with E-state index < -0.39 is 0 Å². The first-order valence-electron chi connectivity index (χ1n) is 5.79. The molecular formula is C14H12N2O2. The fourth-order valence-electron chi connectivity index (χ4n) is 1.77. The Kier molecular flexibility index (Phi) is 2.92. The summed E-state index contributed by atoms with van der Waals surface area (Å²) in [6.07, 6.45) is 6.39. The van der Waals surface area contributed by atoms with Crippen LogP contribution in [0.2, 0.25) is 0 Å². The van der Waals surface area contributed by atoms with Crippen molar-refractivity contribution in [3.8, 4) is 11.6 Å². The van der Waals surface area contributed by atoms with Gasteiger partial charge in [-0.05, 0) is 12.0 Å². The molecule has 3 aromatic rings. The summed E-state index contributed by atoms with van der Waals surface area (Å²) in [4.78, 5) is 8.18. The van der Waals surface area contributed by atoms with Gasteiger partial charge in [0.2, 0.25) is 5.89 Å². The van der Waals surface area contributed by atoms with E-state index in [1.165, 1.54) is 18.2 Å². The second kappa shape index (κ2) is 4.87. The molecule has 0 bridgehead atoms. The van der Waals surface area contributed by atoms with Crippen molar-refractivity contribution in [2.45, 2.75) is 12.8 Å². The molecule has 2 aromatic heterocycles. The number of aryl methyl sites for hydroxylation is 2. The predicted octanol–water partition coefficient (Wildman–Crippen LogP) is 3.11. The number of aromatic nitrogens is 2. The number of benzene rings is 1. The second-order valence-electron chi connectivity index (χ2n) is 3.99. The van der Waals surface area contributed by atoms with E-state index in [0.717, 1.165) is 18.6 Å². The number of oxazole rings is 2. The molecule has 4 heteroatoms. The van der Waals surface area contributed by atoms with Gasteiger partial charge in [-0.3, -0.25) is 0 Å². The number of rotatable bonds is 4. The number of hydrogen-bond donors (Lipinski definition) is 0. The van der Waals surface area contributed by atoms with Gasteiger partial charge in [-0.1, -0.05) is 30.3 Å². The van der Waals surface area contributed by atoms with Gasteiger partial charge in [-0.15, -0.1) is 0 Å². The van der Waals surface area contributed by atoms with Crippen LogP contribution in [0.15, 0.2) is 58.0 Å². The van der Waals surface area contributed by atoms with Gasteiger partial charge in [0.05, 0.1) is 6.20 Å². The Morgan fingerprint density at radius 3 is 2.67 bits per heavy atom. The molecule has 3 rings (SSSR count). The normalized spacial score (nSPS) is 10.7. The Balaban J connectivity index is 1.68. The molecule has 18 heavy (non-hydrogen) atoms. The number of nitrogens with zero attached hydrogens (tertiary/aromatic N) is 2. The molecule has 1 aromatic carbocycles. The van der Waals surface area contributed by atoms with Crippen LogP contribution in [0, 0.1) is 0 Å². The van der Waals surface area contributed by atoms with Crippen molar-refractivity contribution in [2.24, 2.45) is 0 Å². The highest BCUT2D eigenvalue weighted by Gasteiger charge is 2.08. The van der Waals surface area contributed by atoms with Crippen LogP contribution in [0.3, 0.4) is 0 Å². The molecule has 0 aliphatic rings. The minimum Gasteiger partial charge on any atom is -0.451 e. The molecular weight excluding hydrogens is 228 g/mol. The zero-order chi connectivity index (χ0) is 12.2. The molecule has 0 N–H and O–H groups in total. The molecule has 2 heterocycles. The predicted molar refractivity (Wildman–Crippen MR) is 65.9 cm³/mol. The van der Waals surface area contributed by atoms with Crippen LogP contribution in [-0.2, 0) is 12.8 Å². The van der Waals surface area contributed by atoms with Crippen molar-refractivity contribution in [3.05, 3.63) is 60.5 Å². The Labute approximate surface area is 104 Å². The second-order valence-corrected chi connectivity index (χ2v) is 3.99. The summed E-state index contributed by atoms with van der Waals surface area (Å²) in [6, 6.07) is 10.3. The highest BCUT2D eigenvalue weighted by molar-refractivity contribution is 5.43. The van der Waals surface area contributed by atoms with Crippen molar-refractivity contribution in [2.75, 3.05) is 0 Å². The van der Waals surface area contributed by atoms with Gasteiger partial charge in [0, 0.05) is 6.42 Å². The Morgan fingerprint density at radius 2 is 1.89 bits per heavy atom. The first kappa shape index (κ1) is 10.8. The summed E-state index contributed by atoms with van der Waals surface area (Å²) < 4.78 is 10.5. The van der Waals surface area contributed by atoms with Crippen LogP contribution in [-0.4, -0.2) is 9.97 Å². The lowest BCUT2D eigenvalue weighted by Crippen LogP contribution is -1.88. The van der Waals surface area contributed by atoms with E-state index in [-0.39, 0.29) is 0 Å². The standard InChI is InChI=1S/C14H12N2O2/c1-2-4-11(5-3-1)6-7-12-8-15-14(18-12)13-9-17-10-16-13/h1-5,8-10H,6-7H2. The van der Waals surface area contributed by atoms with Crippen LogP contribution in [0.4, 0.5) is 0 Å². The lowest BCUT2D eigenvalue weighted by Gasteiger charge is -1.97. The highest BCUT2D eigenvalue weighted by atomic mass is 16.4. The topological polar surface area (TPSA) is 52.1 Å². The summed E-state index contributed by atoms with van der Waals surface area (Å²) >= 11 is 0. The van der Waals surface area contributed by atoms with Crippen molar-refractivity contribution in [3.63, 3.8) is 0 Å². The highest BCUT2D eigenvalue weighted by Crippen LogP contribution is 2.17. The van der Waals surface area contributed by atoms with Gasteiger partial charge in [-0.25, -0.2) is 9.97 Å². The van der Waals surface area contributed by atoms with Crippen LogP contribution in [0.1, 0.15) is 11.3 Å². The van der Waals surface area contributed by atoms with E-state index in [9.17, 15) is 0 Å². The zero-order valence-corrected chi connectivity index (χ0v) is 9.74. The summed E-state index contributed by atoms with van der Waals surface area (Å²) in [7, 11) is 0. The van der Waals surface area contributed by atoms with Crippen LogP contribution in [0.5, 0.6) is 0 Å². The van der Waals surface area contributed by atoms with Crippen molar-refractivity contribution < 1.29 is 8.83 Å². The Bertz CT molecular complexity index is 600. The fourth-order valence-corrected chi connectivity index (χ4v) is 1.77. The molecule has 4 nitrogen and oxygen atoms in total. The summed E-state index contributed by atoms with van der Waals surface area (Å²) in [5.74, 6) is 1.36. The first-order chi connectivity index (χ1) is 8.92. The molecule has 0 amide bonds. The molecule has 0 aliphatic heterocycles. The minimum absolute atomic E-state index is 0.506.